The minimum atomic E-state index is -5.93. The van der Waals surface area contributed by atoms with E-state index in [-0.39, 0.29) is 0 Å². The molecule has 1 aliphatic heterocycles. The second kappa shape index (κ2) is 3.42. The highest BCUT2D eigenvalue weighted by Gasteiger charge is 2.80. The van der Waals surface area contributed by atoms with Gasteiger partial charge in [0.2, 0.25) is 0 Å². The summed E-state index contributed by atoms with van der Waals surface area (Å²) in [5.74, 6) is -14.2. The van der Waals surface area contributed by atoms with Crippen LogP contribution in [0.25, 0.3) is 0 Å². The van der Waals surface area contributed by atoms with Crippen molar-refractivity contribution >= 4 is 5.90 Å². The molecule has 100 valence electrons. The molecule has 0 aliphatic carbocycles. The Morgan fingerprint density at radius 3 is 1.76 bits per heavy atom. The maximum atomic E-state index is 12.6. The predicted molar refractivity (Wildman–Crippen MR) is 34.3 cm³/mol. The van der Waals surface area contributed by atoms with Gasteiger partial charge in [-0.1, -0.05) is 0 Å². The lowest BCUT2D eigenvalue weighted by Crippen LogP contribution is -2.51. The highest BCUT2D eigenvalue weighted by atomic mass is 19.4. The molecule has 0 aromatic heterocycles. The van der Waals surface area contributed by atoms with E-state index < -0.39 is 36.6 Å². The van der Waals surface area contributed by atoms with E-state index in [2.05, 4.69) is 4.74 Å². The molecular weight excluding hydrogens is 273 g/mol. The van der Waals surface area contributed by atoms with Crippen LogP contribution in [0.5, 0.6) is 0 Å². The Kier molecular flexibility index (Phi) is 2.79. The second-order valence-corrected chi connectivity index (χ2v) is 3.01. The van der Waals surface area contributed by atoms with Crippen molar-refractivity contribution in [3.8, 4) is 0 Å². The van der Waals surface area contributed by atoms with Crippen molar-refractivity contribution in [2.45, 2.75) is 24.1 Å². The maximum Gasteiger partial charge on any atom is 0.422 e. The van der Waals surface area contributed by atoms with Crippen molar-refractivity contribution in [2.24, 2.45) is 4.99 Å². The van der Waals surface area contributed by atoms with Crippen LogP contribution in [-0.2, 0) is 4.74 Å². The van der Waals surface area contributed by atoms with E-state index in [1.54, 1.807) is 0 Å². The largest absolute Gasteiger partial charge is 0.467 e. The summed E-state index contributed by atoms with van der Waals surface area (Å²) in [6, 6.07) is -5.52. The lowest BCUT2D eigenvalue weighted by molar-refractivity contribution is -0.269. The highest BCUT2D eigenvalue weighted by Crippen LogP contribution is 2.52. The summed E-state index contributed by atoms with van der Waals surface area (Å²) in [7, 11) is 0. The fourth-order valence-corrected chi connectivity index (χ4v) is 0.864. The molecule has 0 saturated carbocycles. The molecule has 0 fully saturated rings. The van der Waals surface area contributed by atoms with Gasteiger partial charge in [-0.05, 0) is 0 Å². The Morgan fingerprint density at radius 2 is 1.47 bits per heavy atom. The van der Waals surface area contributed by atoms with Crippen LogP contribution < -0.4 is 0 Å². The summed E-state index contributed by atoms with van der Waals surface area (Å²) in [5, 5.41) is 0. The number of alkyl halides is 9. The lowest BCUT2D eigenvalue weighted by Gasteiger charge is -2.22. The third-order valence-electron chi connectivity index (χ3n) is 1.66. The van der Waals surface area contributed by atoms with E-state index in [1.165, 1.54) is 4.99 Å². The van der Waals surface area contributed by atoms with Crippen molar-refractivity contribution in [1.29, 1.82) is 0 Å². The average Bonchev–Trinajstić information content (AvgIpc) is 2.19. The van der Waals surface area contributed by atoms with Gasteiger partial charge in [0.15, 0.2) is 6.61 Å². The maximum absolute atomic E-state index is 12.6. The van der Waals surface area contributed by atoms with Gasteiger partial charge in [0.05, 0.1) is 0 Å². The van der Waals surface area contributed by atoms with Crippen molar-refractivity contribution in [3.63, 3.8) is 0 Å². The van der Waals surface area contributed by atoms with E-state index in [0.29, 0.717) is 0 Å². The Balaban J connectivity index is 2.95. The number of nitrogens with zero attached hydrogens (tertiary/aromatic N) is 1. The number of aliphatic imine (C=N–C) groups is 1. The lowest BCUT2D eigenvalue weighted by atomic mass is 10.2. The number of halogens is 9. The van der Waals surface area contributed by atoms with Gasteiger partial charge in [-0.3, -0.25) is 0 Å². The molecule has 2 nitrogen and oxygen atoms in total. The summed E-state index contributed by atoms with van der Waals surface area (Å²) in [6.45, 7) is -2.42. The number of hydrogen-bond donors (Lipinski definition) is 0. The zero-order valence-corrected chi connectivity index (χ0v) is 7.46. The molecule has 0 amide bonds. The summed E-state index contributed by atoms with van der Waals surface area (Å²) >= 11 is 0. The Bertz CT molecular complexity index is 344. The zero-order chi connectivity index (χ0) is 13.7. The molecule has 1 aliphatic rings. The van der Waals surface area contributed by atoms with Crippen LogP contribution in [0.2, 0.25) is 0 Å². The van der Waals surface area contributed by atoms with Crippen LogP contribution in [0.15, 0.2) is 4.99 Å². The van der Waals surface area contributed by atoms with Crippen LogP contribution in [0.1, 0.15) is 0 Å². The van der Waals surface area contributed by atoms with Crippen molar-refractivity contribution in [1.82, 2.24) is 0 Å². The molecule has 0 saturated heterocycles. The van der Waals surface area contributed by atoms with E-state index in [0.717, 1.165) is 0 Å². The van der Waals surface area contributed by atoms with Crippen LogP contribution in [0.4, 0.5) is 39.5 Å². The molecule has 0 aromatic carbocycles. The predicted octanol–water partition coefficient (Wildman–Crippen LogP) is 2.84. The van der Waals surface area contributed by atoms with Gasteiger partial charge in [0, 0.05) is 0 Å². The molecule has 11 heteroatoms. The Hall–Kier alpha value is -1.16. The van der Waals surface area contributed by atoms with Crippen molar-refractivity contribution in [2.75, 3.05) is 6.61 Å². The molecule has 0 bridgehead atoms. The molecule has 0 N–H and O–H groups in total. The molecule has 1 heterocycles. The zero-order valence-electron chi connectivity index (χ0n) is 7.46. The standard InChI is InChI=1S/C6H2F9NO/c7-3(8,9)1-17-2-4(10,11)5(12,13)6(14,15)16-2/h1H2. The molecule has 0 spiro atoms. The van der Waals surface area contributed by atoms with Crippen LogP contribution in [0, 0.1) is 0 Å². The first-order valence-corrected chi connectivity index (χ1v) is 3.74. The molecule has 0 radical (unpaired) electrons. The third-order valence-corrected chi connectivity index (χ3v) is 1.66. The number of ether oxygens (including phenoxy) is 1. The average molecular weight is 275 g/mol. The first-order chi connectivity index (χ1) is 7.31. The molecule has 1 rings (SSSR count). The SMILES string of the molecule is FC(F)(F)COC1=NC(F)(F)C(F)(F)C1(F)F. The summed E-state index contributed by atoms with van der Waals surface area (Å²) in [4.78, 5) is 1.49. The topological polar surface area (TPSA) is 21.6 Å². The summed E-state index contributed by atoms with van der Waals surface area (Å²) < 4.78 is 112. The van der Waals surface area contributed by atoms with E-state index in [9.17, 15) is 39.5 Å². The molecular formula is C6H2F9NO. The normalized spacial score (nSPS) is 25.6. The van der Waals surface area contributed by atoms with Gasteiger partial charge in [0.25, 0.3) is 5.90 Å². The third kappa shape index (κ3) is 2.14. The fraction of sp³-hybridized carbons (Fsp3) is 0.833. The molecule has 0 aromatic rings. The van der Waals surface area contributed by atoms with Gasteiger partial charge < -0.3 is 4.74 Å². The van der Waals surface area contributed by atoms with Crippen molar-refractivity contribution in [3.05, 3.63) is 0 Å². The second-order valence-electron chi connectivity index (χ2n) is 3.01. The Labute approximate surface area is 87.1 Å². The minimum absolute atomic E-state index is 1.49. The highest BCUT2D eigenvalue weighted by molar-refractivity contribution is 5.87. The van der Waals surface area contributed by atoms with Gasteiger partial charge in [-0.2, -0.15) is 44.5 Å². The van der Waals surface area contributed by atoms with Crippen molar-refractivity contribution < 1.29 is 44.3 Å². The van der Waals surface area contributed by atoms with E-state index >= 15 is 0 Å². The first kappa shape index (κ1) is 13.9. The number of rotatable bonds is 1. The quantitative estimate of drug-likeness (QED) is 0.532. The smallest absolute Gasteiger partial charge is 0.422 e. The minimum Gasteiger partial charge on any atom is -0.467 e. The van der Waals surface area contributed by atoms with E-state index in [4.69, 9.17) is 0 Å². The fourth-order valence-electron chi connectivity index (χ4n) is 0.864. The van der Waals surface area contributed by atoms with Gasteiger partial charge >= 0.3 is 24.1 Å². The van der Waals surface area contributed by atoms with Crippen LogP contribution in [-0.4, -0.2) is 36.6 Å². The first-order valence-electron chi connectivity index (χ1n) is 3.74. The van der Waals surface area contributed by atoms with Gasteiger partial charge in [-0.15, -0.1) is 0 Å². The van der Waals surface area contributed by atoms with Gasteiger partial charge in [0.1, 0.15) is 0 Å². The van der Waals surface area contributed by atoms with E-state index in [1.807, 2.05) is 0 Å². The summed E-state index contributed by atoms with van der Waals surface area (Å²) in [6.07, 6.45) is -5.15. The summed E-state index contributed by atoms with van der Waals surface area (Å²) in [5.41, 5.74) is 0. The van der Waals surface area contributed by atoms with Crippen LogP contribution >= 0.6 is 0 Å². The van der Waals surface area contributed by atoms with Gasteiger partial charge in [-0.25, -0.2) is 0 Å². The monoisotopic (exact) mass is 275 g/mol. The molecule has 17 heavy (non-hydrogen) atoms. The Morgan fingerprint density at radius 1 is 1.00 bits per heavy atom. The number of hydrogen-bond acceptors (Lipinski definition) is 2. The molecule has 0 unspecified atom stereocenters. The van der Waals surface area contributed by atoms with Crippen LogP contribution in [0.3, 0.4) is 0 Å². The molecule has 0 atom stereocenters.